The van der Waals surface area contributed by atoms with E-state index < -0.39 is 0 Å². The Labute approximate surface area is 168 Å². The molecule has 0 spiro atoms. The Morgan fingerprint density at radius 3 is 2.19 bits per heavy atom. The summed E-state index contributed by atoms with van der Waals surface area (Å²) in [4.78, 5) is 12.8. The molecule has 3 rings (SSSR count). The van der Waals surface area contributed by atoms with Crippen molar-refractivity contribution in [3.05, 3.63) is 94.0 Å². The predicted molar refractivity (Wildman–Crippen MR) is 114 cm³/mol. The van der Waals surface area contributed by atoms with Crippen molar-refractivity contribution in [3.63, 3.8) is 0 Å². The number of nitrogens with one attached hydrogen (secondary N) is 1. The molecular weight excluding hydrogens is 402 g/mol. The average Bonchev–Trinajstić information content (AvgIpc) is 2.69. The number of hydrogen-bond acceptors (Lipinski definition) is 3. The summed E-state index contributed by atoms with van der Waals surface area (Å²) in [5.74, 6) is 0.909. The maximum atomic E-state index is 12.8. The number of Topliss-reactive ketones (excluding diaryl/α,β-unsaturated/α-hetero) is 1. The number of aryl methyl sites for hydroxylation is 1. The van der Waals surface area contributed by atoms with E-state index >= 15 is 0 Å². The van der Waals surface area contributed by atoms with Crippen LogP contribution in [0.4, 0.5) is 5.69 Å². The van der Waals surface area contributed by atoms with Crippen molar-refractivity contribution in [3.8, 4) is 5.75 Å². The number of carbonyl (C=O) groups is 1. The largest absolute Gasteiger partial charge is 0.497 e. The fourth-order valence-electron chi connectivity index (χ4n) is 2.88. The lowest BCUT2D eigenvalue weighted by Gasteiger charge is -2.20. The van der Waals surface area contributed by atoms with Gasteiger partial charge >= 0.3 is 0 Å². The van der Waals surface area contributed by atoms with Crippen LogP contribution in [0.15, 0.2) is 77.3 Å². The second-order valence-corrected chi connectivity index (χ2v) is 7.39. The van der Waals surface area contributed by atoms with Gasteiger partial charge in [0.15, 0.2) is 5.78 Å². The van der Waals surface area contributed by atoms with Gasteiger partial charge in [0.25, 0.3) is 0 Å². The SMILES string of the molecule is COc1ccc([C@@H](CC(=O)c2ccc(C)cc2)Nc2ccc(Br)cc2)cc1. The molecule has 0 saturated heterocycles. The lowest BCUT2D eigenvalue weighted by Crippen LogP contribution is -2.16. The Morgan fingerprint density at radius 2 is 1.59 bits per heavy atom. The molecule has 0 radical (unpaired) electrons. The maximum Gasteiger partial charge on any atom is 0.165 e. The van der Waals surface area contributed by atoms with E-state index in [1.165, 1.54) is 0 Å². The molecule has 0 aliphatic carbocycles. The Balaban J connectivity index is 1.84. The molecule has 3 nitrogen and oxygen atoms in total. The molecule has 4 heteroatoms. The molecule has 138 valence electrons. The highest BCUT2D eigenvalue weighted by Crippen LogP contribution is 2.27. The molecule has 1 atom stereocenters. The van der Waals surface area contributed by atoms with Crippen molar-refractivity contribution < 1.29 is 9.53 Å². The highest BCUT2D eigenvalue weighted by molar-refractivity contribution is 9.10. The summed E-state index contributed by atoms with van der Waals surface area (Å²) in [5, 5.41) is 3.49. The summed E-state index contributed by atoms with van der Waals surface area (Å²) in [6.45, 7) is 2.02. The first-order valence-corrected chi connectivity index (χ1v) is 9.60. The summed E-state index contributed by atoms with van der Waals surface area (Å²) >= 11 is 3.45. The van der Waals surface area contributed by atoms with Gasteiger partial charge in [0.05, 0.1) is 13.2 Å². The zero-order valence-electron chi connectivity index (χ0n) is 15.4. The van der Waals surface area contributed by atoms with Crippen LogP contribution in [0.3, 0.4) is 0 Å². The second kappa shape index (κ2) is 8.87. The number of carbonyl (C=O) groups excluding carboxylic acids is 1. The first kappa shape index (κ1) is 19.2. The quantitative estimate of drug-likeness (QED) is 0.460. The maximum absolute atomic E-state index is 12.8. The molecule has 0 saturated carbocycles. The number of ketones is 1. The minimum atomic E-state index is -0.133. The third-order valence-corrected chi connectivity index (χ3v) is 5.00. The first-order valence-electron chi connectivity index (χ1n) is 8.81. The van der Waals surface area contributed by atoms with Gasteiger partial charge in [-0.15, -0.1) is 0 Å². The summed E-state index contributed by atoms with van der Waals surface area (Å²) in [6.07, 6.45) is 0.367. The predicted octanol–water partition coefficient (Wildman–Crippen LogP) is 6.19. The number of benzene rings is 3. The van der Waals surface area contributed by atoms with E-state index in [4.69, 9.17) is 4.74 Å². The van der Waals surface area contributed by atoms with E-state index in [2.05, 4.69) is 21.2 Å². The van der Waals surface area contributed by atoms with E-state index in [0.717, 1.165) is 32.6 Å². The van der Waals surface area contributed by atoms with Crippen LogP contribution in [0.2, 0.25) is 0 Å². The Bertz CT molecular complexity index is 887. The van der Waals surface area contributed by atoms with Crippen molar-refractivity contribution in [2.24, 2.45) is 0 Å². The van der Waals surface area contributed by atoms with Crippen LogP contribution >= 0.6 is 15.9 Å². The molecule has 0 heterocycles. The Kier molecular flexibility index (Phi) is 6.30. The Morgan fingerprint density at radius 1 is 0.963 bits per heavy atom. The van der Waals surface area contributed by atoms with Crippen LogP contribution in [0, 0.1) is 6.92 Å². The standard InChI is InChI=1S/C23H22BrNO2/c1-16-3-5-18(6-4-16)23(26)15-22(17-7-13-21(27-2)14-8-17)25-20-11-9-19(24)10-12-20/h3-14,22,25H,15H2,1-2H3/t22-/m1/s1. The molecule has 0 bridgehead atoms. The van der Waals surface area contributed by atoms with Crippen LogP contribution in [0.5, 0.6) is 5.75 Å². The number of halogens is 1. The van der Waals surface area contributed by atoms with Gasteiger partial charge in [-0.3, -0.25) is 4.79 Å². The monoisotopic (exact) mass is 423 g/mol. The third kappa shape index (κ3) is 5.20. The third-order valence-electron chi connectivity index (χ3n) is 4.47. The summed E-state index contributed by atoms with van der Waals surface area (Å²) in [5.41, 5.74) is 3.89. The van der Waals surface area contributed by atoms with E-state index in [1.807, 2.05) is 79.7 Å². The van der Waals surface area contributed by atoms with Gasteiger partial charge in [-0.2, -0.15) is 0 Å². The van der Waals surface area contributed by atoms with E-state index in [1.54, 1.807) is 7.11 Å². The van der Waals surface area contributed by atoms with Crippen molar-refractivity contribution in [2.75, 3.05) is 12.4 Å². The van der Waals surface area contributed by atoms with Crippen molar-refractivity contribution >= 4 is 27.4 Å². The van der Waals surface area contributed by atoms with Gasteiger partial charge in [0, 0.05) is 22.1 Å². The molecule has 0 aliphatic heterocycles. The molecule has 1 N–H and O–H groups in total. The molecule has 3 aromatic carbocycles. The average molecular weight is 424 g/mol. The van der Waals surface area contributed by atoms with Crippen LogP contribution in [0.1, 0.15) is 33.9 Å². The first-order chi connectivity index (χ1) is 13.0. The Hall–Kier alpha value is -2.59. The summed E-state index contributed by atoms with van der Waals surface area (Å²) in [7, 11) is 1.65. The highest BCUT2D eigenvalue weighted by Gasteiger charge is 2.17. The zero-order valence-corrected chi connectivity index (χ0v) is 17.0. The summed E-state index contributed by atoms with van der Waals surface area (Å²) in [6, 6.07) is 23.4. The molecule has 27 heavy (non-hydrogen) atoms. The minimum Gasteiger partial charge on any atom is -0.497 e. The summed E-state index contributed by atoms with van der Waals surface area (Å²) < 4.78 is 6.27. The molecule has 0 fully saturated rings. The molecule has 3 aromatic rings. The normalized spacial score (nSPS) is 11.7. The van der Waals surface area contributed by atoms with E-state index in [-0.39, 0.29) is 11.8 Å². The molecule has 0 amide bonds. The van der Waals surface area contributed by atoms with Crippen molar-refractivity contribution in [2.45, 2.75) is 19.4 Å². The number of methoxy groups -OCH3 is 1. The zero-order chi connectivity index (χ0) is 19.2. The van der Waals surface area contributed by atoms with Crippen LogP contribution in [-0.2, 0) is 0 Å². The molecule has 0 aromatic heterocycles. The number of hydrogen-bond donors (Lipinski definition) is 1. The van der Waals surface area contributed by atoms with Gasteiger partial charge < -0.3 is 10.1 Å². The lowest BCUT2D eigenvalue weighted by atomic mass is 9.97. The van der Waals surface area contributed by atoms with Crippen molar-refractivity contribution in [1.29, 1.82) is 0 Å². The van der Waals surface area contributed by atoms with E-state index in [9.17, 15) is 4.79 Å². The van der Waals surface area contributed by atoms with Gasteiger partial charge in [0.1, 0.15) is 5.75 Å². The van der Waals surface area contributed by atoms with Crippen LogP contribution < -0.4 is 10.1 Å². The fourth-order valence-corrected chi connectivity index (χ4v) is 3.14. The van der Waals surface area contributed by atoms with Gasteiger partial charge in [0.2, 0.25) is 0 Å². The fraction of sp³-hybridized carbons (Fsp3) is 0.174. The highest BCUT2D eigenvalue weighted by atomic mass is 79.9. The van der Waals surface area contributed by atoms with E-state index in [0.29, 0.717) is 6.42 Å². The van der Waals surface area contributed by atoms with Gasteiger partial charge in [-0.1, -0.05) is 57.9 Å². The number of ether oxygens (including phenoxy) is 1. The minimum absolute atomic E-state index is 0.112. The topological polar surface area (TPSA) is 38.3 Å². The smallest absolute Gasteiger partial charge is 0.165 e. The second-order valence-electron chi connectivity index (χ2n) is 6.47. The molecule has 0 unspecified atom stereocenters. The number of anilines is 1. The number of rotatable bonds is 7. The van der Waals surface area contributed by atoms with Gasteiger partial charge in [-0.05, 0) is 48.9 Å². The van der Waals surface area contributed by atoms with Crippen LogP contribution in [0.25, 0.3) is 0 Å². The lowest BCUT2D eigenvalue weighted by molar-refractivity contribution is 0.0976. The molecular formula is C23H22BrNO2. The van der Waals surface area contributed by atoms with Crippen molar-refractivity contribution in [1.82, 2.24) is 0 Å². The van der Waals surface area contributed by atoms with Crippen LogP contribution in [-0.4, -0.2) is 12.9 Å². The van der Waals surface area contributed by atoms with Gasteiger partial charge in [-0.25, -0.2) is 0 Å². The molecule has 0 aliphatic rings.